The molecular weight excluding hydrogens is 493 g/mol. The van der Waals surface area contributed by atoms with E-state index in [-0.39, 0.29) is 12.5 Å². The lowest BCUT2D eigenvalue weighted by molar-refractivity contribution is -0.113. The Kier molecular flexibility index (Phi) is 6.67. The van der Waals surface area contributed by atoms with Crippen molar-refractivity contribution in [3.05, 3.63) is 111 Å². The van der Waals surface area contributed by atoms with E-state index < -0.39 is 11.9 Å². The summed E-state index contributed by atoms with van der Waals surface area (Å²) in [6.45, 7) is 5.81. The molecule has 188 valence electrons. The van der Waals surface area contributed by atoms with E-state index in [0.717, 1.165) is 22.4 Å². The normalized spacial score (nSPS) is 14.7. The topological polar surface area (TPSA) is 81.1 Å². The largest absolute Gasteiger partial charge is 0.489 e. The Morgan fingerprint density at radius 3 is 2.65 bits per heavy atom. The fraction of sp³-hybridized carbons (Fsp3) is 0.179. The molecule has 1 amide bonds. The molecule has 4 aromatic rings. The van der Waals surface area contributed by atoms with Crippen LogP contribution in [0.1, 0.15) is 35.2 Å². The summed E-state index contributed by atoms with van der Waals surface area (Å²) in [4.78, 5) is 17.9. The Bertz CT molecular complexity index is 1490. The number of carbonyl (C=O) groups excluding carboxylic acids is 1. The van der Waals surface area contributed by atoms with Crippen LogP contribution in [0.2, 0.25) is 5.02 Å². The summed E-state index contributed by atoms with van der Waals surface area (Å²) in [5, 5.41) is 10.9. The highest BCUT2D eigenvalue weighted by Gasteiger charge is 2.33. The Morgan fingerprint density at radius 1 is 1.14 bits per heavy atom. The molecule has 2 N–H and O–H groups in total. The van der Waals surface area contributed by atoms with Crippen molar-refractivity contribution in [2.45, 2.75) is 33.4 Å². The van der Waals surface area contributed by atoms with E-state index in [1.165, 1.54) is 12.4 Å². The van der Waals surface area contributed by atoms with Gasteiger partial charge in [0.25, 0.3) is 5.91 Å². The monoisotopic (exact) mass is 517 g/mol. The molecule has 1 aliphatic heterocycles. The minimum Gasteiger partial charge on any atom is -0.489 e. The van der Waals surface area contributed by atoms with Crippen molar-refractivity contribution in [1.29, 1.82) is 0 Å². The fourth-order valence-electron chi connectivity index (χ4n) is 4.41. The first-order valence-corrected chi connectivity index (χ1v) is 12.1. The van der Waals surface area contributed by atoms with Crippen LogP contribution in [-0.2, 0) is 11.4 Å². The molecular formula is C28H25ClFN5O2. The summed E-state index contributed by atoms with van der Waals surface area (Å²) in [6, 6.07) is 17.2. The van der Waals surface area contributed by atoms with Gasteiger partial charge < -0.3 is 15.4 Å². The summed E-state index contributed by atoms with van der Waals surface area (Å²) >= 11 is 6.11. The van der Waals surface area contributed by atoms with Crippen LogP contribution in [0.25, 0.3) is 0 Å². The van der Waals surface area contributed by atoms with Crippen molar-refractivity contribution in [2.75, 3.05) is 10.6 Å². The number of nitrogens with zero attached hydrogens (tertiary/aromatic N) is 3. The van der Waals surface area contributed by atoms with Gasteiger partial charge in [0.15, 0.2) is 0 Å². The van der Waals surface area contributed by atoms with Crippen molar-refractivity contribution in [3.63, 3.8) is 0 Å². The van der Waals surface area contributed by atoms with Crippen molar-refractivity contribution in [1.82, 2.24) is 14.8 Å². The van der Waals surface area contributed by atoms with Gasteiger partial charge in [-0.1, -0.05) is 47.5 Å². The molecule has 0 bridgehead atoms. The van der Waals surface area contributed by atoms with Crippen LogP contribution in [-0.4, -0.2) is 20.7 Å². The first-order valence-electron chi connectivity index (χ1n) is 11.7. The van der Waals surface area contributed by atoms with E-state index in [0.29, 0.717) is 33.6 Å². The third-order valence-corrected chi connectivity index (χ3v) is 6.66. The number of aromatic nitrogens is 3. The second-order valence-corrected chi connectivity index (χ2v) is 9.33. The van der Waals surface area contributed by atoms with Crippen molar-refractivity contribution in [2.24, 2.45) is 0 Å². The third kappa shape index (κ3) is 4.93. The first kappa shape index (κ1) is 24.5. The lowest BCUT2D eigenvalue weighted by atomic mass is 9.94. The van der Waals surface area contributed by atoms with E-state index in [1.807, 2.05) is 51.1 Å². The maximum atomic E-state index is 14.1. The molecule has 1 aromatic heterocycles. The van der Waals surface area contributed by atoms with Gasteiger partial charge in [-0.15, -0.1) is 0 Å². The average Bonchev–Trinajstić information content (AvgIpc) is 3.33. The Morgan fingerprint density at radius 2 is 1.92 bits per heavy atom. The quantitative estimate of drug-likeness (QED) is 0.318. The van der Waals surface area contributed by atoms with Crippen LogP contribution >= 0.6 is 11.6 Å². The number of hydrogen-bond acceptors (Lipinski definition) is 5. The van der Waals surface area contributed by atoms with Gasteiger partial charge in [0, 0.05) is 16.9 Å². The van der Waals surface area contributed by atoms with Gasteiger partial charge in [0.2, 0.25) is 5.95 Å². The Labute approximate surface area is 218 Å². The van der Waals surface area contributed by atoms with Crippen molar-refractivity contribution >= 4 is 29.1 Å². The number of amides is 1. The fourth-order valence-corrected chi connectivity index (χ4v) is 4.63. The molecule has 0 unspecified atom stereocenters. The van der Waals surface area contributed by atoms with Crippen LogP contribution in [0.4, 0.5) is 16.0 Å². The summed E-state index contributed by atoms with van der Waals surface area (Å²) in [5.41, 5.74) is 5.15. The Hall–Kier alpha value is -4.17. The third-order valence-electron chi connectivity index (χ3n) is 6.31. The number of carbonyl (C=O) groups is 1. The van der Waals surface area contributed by atoms with Crippen molar-refractivity contribution in [3.8, 4) is 5.75 Å². The summed E-state index contributed by atoms with van der Waals surface area (Å²) in [5.74, 6) is 0.424. The predicted octanol–water partition coefficient (Wildman–Crippen LogP) is 6.19. The smallest absolute Gasteiger partial charge is 0.255 e. The van der Waals surface area contributed by atoms with Crippen LogP contribution in [0.3, 0.4) is 0 Å². The van der Waals surface area contributed by atoms with Gasteiger partial charge >= 0.3 is 0 Å². The number of rotatable bonds is 6. The minimum atomic E-state index is -0.514. The van der Waals surface area contributed by atoms with Gasteiger partial charge in [0.1, 0.15) is 30.5 Å². The maximum Gasteiger partial charge on any atom is 0.255 e. The molecule has 37 heavy (non-hydrogen) atoms. The highest BCUT2D eigenvalue weighted by Crippen LogP contribution is 2.36. The van der Waals surface area contributed by atoms with Crippen LogP contribution < -0.4 is 15.4 Å². The van der Waals surface area contributed by atoms with Gasteiger partial charge in [0.05, 0.1) is 10.6 Å². The molecule has 0 aliphatic carbocycles. The number of aryl methyl sites for hydroxylation is 2. The highest BCUT2D eigenvalue weighted by atomic mass is 35.5. The number of nitrogens with one attached hydrogen (secondary N) is 2. The first-order chi connectivity index (χ1) is 17.8. The lowest BCUT2D eigenvalue weighted by Crippen LogP contribution is -2.31. The number of anilines is 2. The number of ether oxygens (including phenoxy) is 1. The van der Waals surface area contributed by atoms with E-state index in [9.17, 15) is 9.18 Å². The number of benzene rings is 3. The van der Waals surface area contributed by atoms with Crippen molar-refractivity contribution < 1.29 is 13.9 Å². The molecule has 2 heterocycles. The molecule has 0 radical (unpaired) electrons. The molecule has 3 aromatic carbocycles. The van der Waals surface area contributed by atoms with Gasteiger partial charge in [-0.05, 0) is 62.2 Å². The summed E-state index contributed by atoms with van der Waals surface area (Å²) < 4.78 is 21.6. The molecule has 0 saturated heterocycles. The molecule has 0 spiro atoms. The average molecular weight is 518 g/mol. The van der Waals surface area contributed by atoms with E-state index in [1.54, 1.807) is 28.9 Å². The standard InChI is InChI=1S/C28H25ClFN5O2/c1-16-7-12-24(17(2)13-16)34-27(36)25-18(3)33-28-31-15-32-35(28)26(25)19-8-10-20(11-9-19)37-14-21-22(29)5-4-6-23(21)30/h4-13,15,26H,14H2,1-3H3,(H,34,36)(H,31,32,33)/t26-/m0/s1. The highest BCUT2D eigenvalue weighted by molar-refractivity contribution is 6.31. The molecule has 0 saturated carbocycles. The summed E-state index contributed by atoms with van der Waals surface area (Å²) in [7, 11) is 0. The predicted molar refractivity (Wildman–Crippen MR) is 141 cm³/mol. The molecule has 1 aliphatic rings. The van der Waals surface area contributed by atoms with Gasteiger partial charge in [-0.3, -0.25) is 4.79 Å². The van der Waals surface area contributed by atoms with Gasteiger partial charge in [-0.2, -0.15) is 10.1 Å². The van der Waals surface area contributed by atoms with Crippen LogP contribution in [0.5, 0.6) is 5.75 Å². The summed E-state index contributed by atoms with van der Waals surface area (Å²) in [6.07, 6.45) is 1.45. The van der Waals surface area contributed by atoms with E-state index in [4.69, 9.17) is 16.3 Å². The van der Waals surface area contributed by atoms with E-state index >= 15 is 0 Å². The molecule has 1 atom stereocenters. The second kappa shape index (κ2) is 10.1. The van der Waals surface area contributed by atoms with Crippen LogP contribution in [0.15, 0.2) is 78.3 Å². The molecule has 0 fully saturated rings. The molecule has 7 nitrogen and oxygen atoms in total. The second-order valence-electron chi connectivity index (χ2n) is 8.92. The Balaban J connectivity index is 1.42. The zero-order chi connectivity index (χ0) is 26.1. The number of allylic oxidation sites excluding steroid dienone is 1. The maximum absolute atomic E-state index is 14.1. The zero-order valence-electron chi connectivity index (χ0n) is 20.5. The SMILES string of the molecule is CC1=C(C(=O)Nc2ccc(C)cc2C)[C@H](c2ccc(OCc3c(F)cccc3Cl)cc2)n2ncnc2N1. The minimum absolute atomic E-state index is 0.00596. The molecule has 9 heteroatoms. The van der Waals surface area contributed by atoms with Crippen LogP contribution in [0, 0.1) is 19.7 Å². The lowest BCUT2D eigenvalue weighted by Gasteiger charge is -2.29. The van der Waals surface area contributed by atoms with E-state index in [2.05, 4.69) is 20.7 Å². The number of hydrogen-bond donors (Lipinski definition) is 2. The van der Waals surface area contributed by atoms with Gasteiger partial charge in [-0.25, -0.2) is 9.07 Å². The number of fused-ring (bicyclic) bond motifs is 1. The molecule has 5 rings (SSSR count). The zero-order valence-corrected chi connectivity index (χ0v) is 21.3. The number of halogens is 2.